The molecule has 2 aliphatic rings. The molecule has 2 amide bonds. The van der Waals surface area contributed by atoms with Crippen LogP contribution in [0.5, 0.6) is 0 Å². The van der Waals surface area contributed by atoms with Crippen molar-refractivity contribution in [2.24, 2.45) is 0 Å². The summed E-state index contributed by atoms with van der Waals surface area (Å²) in [6.07, 6.45) is 0.368. The number of hydrogen-bond acceptors (Lipinski definition) is 6. The van der Waals surface area contributed by atoms with Gasteiger partial charge >= 0.3 is 0 Å². The Morgan fingerprint density at radius 3 is 2.71 bits per heavy atom. The molecule has 38 heavy (non-hydrogen) atoms. The summed E-state index contributed by atoms with van der Waals surface area (Å²) in [5, 5.41) is 20.0. The van der Waals surface area contributed by atoms with Gasteiger partial charge < -0.3 is 20.6 Å². The van der Waals surface area contributed by atoms with Gasteiger partial charge in [0.1, 0.15) is 11.2 Å². The number of aliphatic hydroxyl groups excluding tert-OH is 1. The highest BCUT2D eigenvalue weighted by Crippen LogP contribution is 2.34. The highest BCUT2D eigenvalue weighted by atomic mass is 32.1. The molecule has 3 heterocycles. The van der Waals surface area contributed by atoms with Crippen molar-refractivity contribution >= 4 is 23.2 Å². The number of thiazole rings is 1. The Hall–Kier alpha value is -3.14. The molecule has 3 N–H and O–H groups in total. The summed E-state index contributed by atoms with van der Waals surface area (Å²) in [6.45, 7) is 2.79. The molecular formula is C29H33FN4O3S. The van der Waals surface area contributed by atoms with Gasteiger partial charge in [-0.05, 0) is 56.4 Å². The minimum Gasteiger partial charge on any atom is -0.389 e. The summed E-state index contributed by atoms with van der Waals surface area (Å²) < 4.78 is 13.8. The second-order valence-corrected chi connectivity index (χ2v) is 11.1. The number of rotatable bonds is 8. The van der Waals surface area contributed by atoms with Crippen LogP contribution in [0.25, 0.3) is 0 Å². The average molecular weight is 537 g/mol. The van der Waals surface area contributed by atoms with Gasteiger partial charge in [0.2, 0.25) is 0 Å². The van der Waals surface area contributed by atoms with Crippen molar-refractivity contribution in [1.29, 1.82) is 0 Å². The number of nitrogens with zero attached hydrogens (tertiary/aromatic N) is 2. The zero-order chi connectivity index (χ0) is 26.6. The van der Waals surface area contributed by atoms with Gasteiger partial charge in [0.25, 0.3) is 11.8 Å². The van der Waals surface area contributed by atoms with E-state index in [1.54, 1.807) is 35.6 Å². The fraction of sp³-hybridized carbons (Fsp3) is 0.414. The largest absolute Gasteiger partial charge is 0.389 e. The van der Waals surface area contributed by atoms with Gasteiger partial charge in [-0.1, -0.05) is 36.4 Å². The number of aryl methyl sites for hydroxylation is 1. The summed E-state index contributed by atoms with van der Waals surface area (Å²) in [4.78, 5) is 33.3. The summed E-state index contributed by atoms with van der Waals surface area (Å²) >= 11 is 1.57. The number of hydrogen-bond donors (Lipinski definition) is 3. The number of nitrogens with one attached hydrogen (secondary N) is 2. The molecule has 1 aromatic heterocycles. The molecule has 2 aromatic carbocycles. The van der Waals surface area contributed by atoms with Gasteiger partial charge in [-0.3, -0.25) is 9.59 Å². The molecule has 0 unspecified atom stereocenters. The highest BCUT2D eigenvalue weighted by molar-refractivity contribution is 7.09. The molecule has 0 spiro atoms. The normalized spacial score (nSPS) is 22.8. The van der Waals surface area contributed by atoms with E-state index in [1.165, 1.54) is 0 Å². The fourth-order valence-electron chi connectivity index (χ4n) is 5.39. The lowest BCUT2D eigenvalue weighted by atomic mass is 9.95. The smallest absolute Gasteiger partial charge is 0.254 e. The van der Waals surface area contributed by atoms with E-state index in [2.05, 4.69) is 15.6 Å². The maximum Gasteiger partial charge on any atom is 0.254 e. The maximum atomic E-state index is 13.8. The van der Waals surface area contributed by atoms with E-state index in [1.807, 2.05) is 47.5 Å². The molecule has 5 rings (SSSR count). The Balaban J connectivity index is 1.32. The molecule has 2 aliphatic heterocycles. The van der Waals surface area contributed by atoms with Gasteiger partial charge in [-0.25, -0.2) is 9.37 Å². The first-order chi connectivity index (χ1) is 18.4. The summed E-state index contributed by atoms with van der Waals surface area (Å²) in [7, 11) is 0. The first kappa shape index (κ1) is 26.5. The maximum absolute atomic E-state index is 13.8. The third-order valence-corrected chi connectivity index (χ3v) is 8.42. The molecule has 3 aromatic rings. The third kappa shape index (κ3) is 5.95. The lowest BCUT2D eigenvalue weighted by Crippen LogP contribution is -2.52. The second kappa shape index (κ2) is 11.7. The van der Waals surface area contributed by atoms with E-state index >= 15 is 0 Å². The number of aromatic nitrogens is 1. The molecule has 200 valence electrons. The van der Waals surface area contributed by atoms with Crippen LogP contribution in [0, 0.1) is 6.92 Å². The van der Waals surface area contributed by atoms with E-state index in [9.17, 15) is 19.1 Å². The fourth-order valence-corrected chi connectivity index (χ4v) is 6.33. The predicted octanol–water partition coefficient (Wildman–Crippen LogP) is 3.83. The van der Waals surface area contributed by atoms with E-state index in [4.69, 9.17) is 0 Å². The number of benzene rings is 2. The van der Waals surface area contributed by atoms with Crippen LogP contribution in [0.4, 0.5) is 4.39 Å². The Morgan fingerprint density at radius 2 is 2.00 bits per heavy atom. The quantitative estimate of drug-likeness (QED) is 0.407. The number of amides is 2. The Labute approximate surface area is 226 Å². The molecule has 5 atom stereocenters. The molecule has 2 saturated heterocycles. The Bertz CT molecular complexity index is 1270. The third-order valence-electron chi connectivity index (χ3n) is 7.36. The highest BCUT2D eigenvalue weighted by Gasteiger charge is 2.35. The van der Waals surface area contributed by atoms with Crippen LogP contribution in [-0.4, -0.2) is 64.3 Å². The number of carbonyl (C=O) groups excluding carboxylic acids is 2. The van der Waals surface area contributed by atoms with Crippen LogP contribution in [0.3, 0.4) is 0 Å². The lowest BCUT2D eigenvalue weighted by molar-refractivity contribution is 0.0728. The van der Waals surface area contributed by atoms with Gasteiger partial charge in [0.15, 0.2) is 0 Å². The van der Waals surface area contributed by atoms with Crippen LogP contribution < -0.4 is 10.6 Å². The topological polar surface area (TPSA) is 94.6 Å². The van der Waals surface area contributed by atoms with Crippen LogP contribution in [0.15, 0.2) is 60.0 Å². The SMILES string of the molecule is Cc1csc([C@H]2CCCN2C(=O)c2cccc(C(=O)N[C@@H](Cc3ccccc3)[C@H](O)[C@H]3C[C@H](F)CN3)c2)n1. The summed E-state index contributed by atoms with van der Waals surface area (Å²) in [5.41, 5.74) is 2.68. The van der Waals surface area contributed by atoms with Gasteiger partial charge in [-0.15, -0.1) is 11.3 Å². The molecule has 0 bridgehead atoms. The monoisotopic (exact) mass is 536 g/mol. The predicted molar refractivity (Wildman–Crippen MR) is 145 cm³/mol. The number of alkyl halides is 1. The molecule has 0 saturated carbocycles. The Morgan fingerprint density at radius 1 is 1.21 bits per heavy atom. The Kier molecular flexibility index (Phi) is 8.16. The van der Waals surface area contributed by atoms with E-state index < -0.39 is 24.4 Å². The number of carbonyl (C=O) groups is 2. The summed E-state index contributed by atoms with van der Waals surface area (Å²) in [6, 6.07) is 15.1. The molecule has 9 heteroatoms. The van der Waals surface area contributed by atoms with Crippen LogP contribution in [0.2, 0.25) is 0 Å². The van der Waals surface area contributed by atoms with Crippen molar-refractivity contribution in [1.82, 2.24) is 20.5 Å². The van der Waals surface area contributed by atoms with E-state index in [0.717, 1.165) is 29.1 Å². The lowest BCUT2D eigenvalue weighted by Gasteiger charge is -2.29. The van der Waals surface area contributed by atoms with Crippen LogP contribution >= 0.6 is 11.3 Å². The van der Waals surface area contributed by atoms with Crippen molar-refractivity contribution in [2.45, 2.75) is 63.0 Å². The van der Waals surface area contributed by atoms with Crippen LogP contribution in [0.1, 0.15) is 62.3 Å². The molecule has 0 aliphatic carbocycles. The van der Waals surface area contributed by atoms with Crippen molar-refractivity contribution in [3.8, 4) is 0 Å². The average Bonchev–Trinajstić information content (AvgIpc) is 3.69. The number of likely N-dealkylation sites (tertiary alicyclic amines) is 1. The minimum atomic E-state index is -1.02. The molecule has 0 radical (unpaired) electrons. The van der Waals surface area contributed by atoms with Crippen molar-refractivity contribution in [3.63, 3.8) is 0 Å². The first-order valence-corrected chi connectivity index (χ1v) is 14.0. The zero-order valence-corrected chi connectivity index (χ0v) is 22.2. The van der Waals surface area contributed by atoms with Crippen molar-refractivity contribution in [2.75, 3.05) is 13.1 Å². The van der Waals surface area contributed by atoms with Gasteiger partial charge in [-0.2, -0.15) is 0 Å². The second-order valence-electron chi connectivity index (χ2n) is 10.2. The minimum absolute atomic E-state index is 0.0534. The van der Waals surface area contributed by atoms with Crippen molar-refractivity contribution in [3.05, 3.63) is 87.4 Å². The standard InChI is InChI=1S/C29H33FN4O3S/c1-18-17-38-28(32-18)25-11-6-12-34(25)29(37)21-10-5-9-20(14-21)27(36)33-24(13-19-7-3-2-4-8-19)26(35)23-15-22(30)16-31-23/h2-5,7-10,14,17,22-26,31,35H,6,11-13,15-16H2,1H3,(H,33,36)/t22-,23+,24-,25+,26+/m0/s1. The number of aliphatic hydroxyl groups is 1. The molecular weight excluding hydrogens is 503 g/mol. The van der Waals surface area contributed by atoms with E-state index in [0.29, 0.717) is 24.1 Å². The zero-order valence-electron chi connectivity index (χ0n) is 21.3. The number of halogens is 1. The van der Waals surface area contributed by atoms with Crippen LogP contribution in [-0.2, 0) is 6.42 Å². The summed E-state index contributed by atoms with van der Waals surface area (Å²) in [5.74, 6) is -0.511. The van der Waals surface area contributed by atoms with Crippen molar-refractivity contribution < 1.29 is 19.1 Å². The van der Waals surface area contributed by atoms with Gasteiger partial charge in [0.05, 0.1) is 18.2 Å². The molecule has 7 nitrogen and oxygen atoms in total. The van der Waals surface area contributed by atoms with E-state index in [-0.39, 0.29) is 30.8 Å². The van der Waals surface area contributed by atoms with Gasteiger partial charge in [0, 0.05) is 41.3 Å². The first-order valence-electron chi connectivity index (χ1n) is 13.1. The molecule has 2 fully saturated rings.